The van der Waals surface area contributed by atoms with Crippen LogP contribution in [-0.4, -0.2) is 57.9 Å². The Morgan fingerprint density at radius 1 is 1.15 bits per heavy atom. The number of nitrogens with two attached hydrogens (primary N) is 1. The van der Waals surface area contributed by atoms with Gasteiger partial charge in [0.1, 0.15) is 6.33 Å². The highest BCUT2D eigenvalue weighted by atomic mass is 35.5. The number of benzene rings is 1. The van der Waals surface area contributed by atoms with E-state index in [0.29, 0.717) is 18.4 Å². The summed E-state index contributed by atoms with van der Waals surface area (Å²) in [6, 6.07) is 12.5. The van der Waals surface area contributed by atoms with Crippen molar-refractivity contribution in [2.45, 2.75) is 20.0 Å². The van der Waals surface area contributed by atoms with E-state index >= 15 is 0 Å². The molecule has 182 valence electrons. The zero-order chi connectivity index (χ0) is 23.4. The highest BCUT2D eigenvalue weighted by molar-refractivity contribution is 7.15. The minimum absolute atomic E-state index is 0. The van der Waals surface area contributed by atoms with Crippen LogP contribution in [0.5, 0.6) is 0 Å². The number of hydrogen-bond acceptors (Lipinski definition) is 6. The van der Waals surface area contributed by atoms with Gasteiger partial charge < -0.3 is 15.5 Å². The van der Waals surface area contributed by atoms with Crippen molar-refractivity contribution >= 4 is 35.3 Å². The first-order valence-corrected chi connectivity index (χ1v) is 11.6. The molecule has 2 N–H and O–H groups in total. The van der Waals surface area contributed by atoms with Gasteiger partial charge in [-0.25, -0.2) is 13.9 Å². The molecule has 0 unspecified atom stereocenters. The quantitative estimate of drug-likeness (QED) is 0.532. The number of thiophene rings is 1. The molecule has 1 amide bonds. The topological polar surface area (TPSA) is 89.4 Å². The van der Waals surface area contributed by atoms with E-state index in [2.05, 4.69) is 40.3 Å². The van der Waals surface area contributed by atoms with Gasteiger partial charge in [0, 0.05) is 55.1 Å². The van der Waals surface area contributed by atoms with Crippen LogP contribution in [0, 0.1) is 0 Å². The van der Waals surface area contributed by atoms with E-state index in [4.69, 9.17) is 5.73 Å². The maximum atomic E-state index is 12.8. The van der Waals surface area contributed by atoms with Crippen LogP contribution < -0.4 is 16.3 Å². The van der Waals surface area contributed by atoms with Gasteiger partial charge in [0.2, 0.25) is 5.91 Å². The summed E-state index contributed by atoms with van der Waals surface area (Å²) >= 11 is 1.62. The summed E-state index contributed by atoms with van der Waals surface area (Å²) in [6.45, 7) is 5.26. The van der Waals surface area contributed by atoms with Crippen molar-refractivity contribution < 1.29 is 9.18 Å². The van der Waals surface area contributed by atoms with Crippen molar-refractivity contribution in [3.05, 3.63) is 70.0 Å². The van der Waals surface area contributed by atoms with E-state index in [-0.39, 0.29) is 37.1 Å². The highest BCUT2D eigenvalue weighted by Crippen LogP contribution is 2.30. The van der Waals surface area contributed by atoms with Crippen LogP contribution in [0.1, 0.15) is 11.8 Å². The average Bonchev–Trinajstić information content (AvgIpc) is 3.45. The summed E-state index contributed by atoms with van der Waals surface area (Å²) in [7, 11) is 0. The van der Waals surface area contributed by atoms with Crippen molar-refractivity contribution in [3.63, 3.8) is 0 Å². The molecule has 8 nitrogen and oxygen atoms in total. The lowest BCUT2D eigenvalue weighted by Crippen LogP contribution is -2.48. The molecule has 0 aliphatic carbocycles. The Morgan fingerprint density at radius 3 is 2.47 bits per heavy atom. The molecule has 0 bridgehead atoms. The van der Waals surface area contributed by atoms with Gasteiger partial charge in [-0.2, -0.15) is 5.10 Å². The molecule has 1 saturated heterocycles. The molecule has 0 atom stereocenters. The molecule has 1 fully saturated rings. The smallest absolute Gasteiger partial charge is 0.346 e. The zero-order valence-electron chi connectivity index (χ0n) is 18.9. The number of nitrogens with zero attached hydrogens (tertiary/aromatic N) is 5. The molecule has 1 aliphatic rings. The zero-order valence-corrected chi connectivity index (χ0v) is 20.5. The summed E-state index contributed by atoms with van der Waals surface area (Å²) in [4.78, 5) is 30.3. The molecule has 1 aliphatic heterocycles. The number of aromatic nitrogens is 3. The van der Waals surface area contributed by atoms with Crippen LogP contribution in [0.4, 0.5) is 10.1 Å². The number of carbonyl (C=O) groups excluding carboxylic acids is 1. The van der Waals surface area contributed by atoms with E-state index in [1.165, 1.54) is 15.6 Å². The van der Waals surface area contributed by atoms with Gasteiger partial charge in [0.05, 0.1) is 19.4 Å². The molecule has 11 heteroatoms. The Balaban J connectivity index is 0.00000324. The van der Waals surface area contributed by atoms with Gasteiger partial charge in [0.15, 0.2) is 0 Å². The second-order valence-electron chi connectivity index (χ2n) is 7.98. The molecule has 4 rings (SSSR count). The third kappa shape index (κ3) is 5.75. The second-order valence-corrected chi connectivity index (χ2v) is 9.14. The first kappa shape index (κ1) is 25.7. The van der Waals surface area contributed by atoms with E-state index < -0.39 is 0 Å². The highest BCUT2D eigenvalue weighted by Gasteiger charge is 2.18. The van der Waals surface area contributed by atoms with Crippen LogP contribution in [0.2, 0.25) is 0 Å². The molecule has 1 aromatic carbocycles. The van der Waals surface area contributed by atoms with Gasteiger partial charge in [-0.3, -0.25) is 9.36 Å². The number of carbonyl (C=O) groups is 1. The normalized spacial score (nSPS) is 14.3. The van der Waals surface area contributed by atoms with Crippen LogP contribution in [-0.2, 0) is 17.9 Å². The average molecular weight is 507 g/mol. The lowest BCUT2D eigenvalue weighted by molar-refractivity contribution is -0.129. The van der Waals surface area contributed by atoms with Crippen molar-refractivity contribution in [1.29, 1.82) is 0 Å². The predicted octanol–water partition coefficient (Wildman–Crippen LogP) is 2.72. The summed E-state index contributed by atoms with van der Waals surface area (Å²) in [5.74, 6) is 0.130. The SMILES string of the molecule is CC(=O)N1CCN(c2ccc(-c3ccc(Cn4cnn(C/C(=C/F)CN)c4=O)s3)cc2)CC1.Cl. The van der Waals surface area contributed by atoms with E-state index in [1.54, 1.807) is 18.3 Å². The van der Waals surface area contributed by atoms with Crippen molar-refractivity contribution in [2.24, 2.45) is 5.73 Å². The lowest BCUT2D eigenvalue weighted by Gasteiger charge is -2.35. The number of piperazine rings is 1. The number of anilines is 1. The van der Waals surface area contributed by atoms with Crippen molar-refractivity contribution in [2.75, 3.05) is 37.6 Å². The van der Waals surface area contributed by atoms with Crippen LogP contribution in [0.3, 0.4) is 0 Å². The predicted molar refractivity (Wildman–Crippen MR) is 135 cm³/mol. The standard InChI is InChI=1S/C23H27FN6O2S.ClH/c1-17(31)27-8-10-28(11-9-27)20-4-2-19(3-5-20)22-7-6-21(33-22)15-29-16-26-30(23(29)32)14-18(12-24)13-25;/h2-7,12,16H,8-11,13-15,25H2,1H3;1H/b18-12+;. The van der Waals surface area contributed by atoms with Gasteiger partial charge in [-0.15, -0.1) is 23.7 Å². The Bertz CT molecular complexity index is 1190. The lowest BCUT2D eigenvalue weighted by atomic mass is 10.1. The third-order valence-corrected chi connectivity index (χ3v) is 6.92. The summed E-state index contributed by atoms with van der Waals surface area (Å²) in [6.07, 6.45) is 1.89. The maximum Gasteiger partial charge on any atom is 0.346 e. The van der Waals surface area contributed by atoms with Crippen LogP contribution in [0.25, 0.3) is 10.4 Å². The Hall–Kier alpha value is -2.95. The van der Waals surface area contributed by atoms with Gasteiger partial charge in [-0.05, 0) is 35.4 Å². The molecule has 0 saturated carbocycles. The Kier molecular flexibility index (Phi) is 8.65. The largest absolute Gasteiger partial charge is 0.368 e. The fraction of sp³-hybridized carbons (Fsp3) is 0.348. The third-order valence-electron chi connectivity index (χ3n) is 5.80. The number of hydrogen-bond donors (Lipinski definition) is 1. The summed E-state index contributed by atoms with van der Waals surface area (Å²) in [5, 5.41) is 4.06. The Labute approximate surface area is 207 Å². The van der Waals surface area contributed by atoms with E-state index in [1.807, 2.05) is 11.0 Å². The molecule has 34 heavy (non-hydrogen) atoms. The maximum absolute atomic E-state index is 12.8. The fourth-order valence-corrected chi connectivity index (χ4v) is 4.84. The second kappa shape index (κ2) is 11.5. The number of amides is 1. The molecule has 0 radical (unpaired) electrons. The fourth-order valence-electron chi connectivity index (χ4n) is 3.83. The number of halogens is 2. The Morgan fingerprint density at radius 2 is 1.85 bits per heavy atom. The minimum atomic E-state index is -0.299. The first-order chi connectivity index (χ1) is 16.0. The summed E-state index contributed by atoms with van der Waals surface area (Å²) < 4.78 is 15.5. The molecular formula is C23H28ClFN6O2S. The summed E-state index contributed by atoms with van der Waals surface area (Å²) in [5.41, 5.74) is 7.74. The van der Waals surface area contributed by atoms with Crippen LogP contribution >= 0.6 is 23.7 Å². The van der Waals surface area contributed by atoms with Crippen molar-refractivity contribution in [3.8, 4) is 10.4 Å². The molecule has 2 aromatic heterocycles. The minimum Gasteiger partial charge on any atom is -0.368 e. The van der Waals surface area contributed by atoms with Gasteiger partial charge >= 0.3 is 5.69 Å². The number of rotatable bonds is 7. The monoisotopic (exact) mass is 506 g/mol. The molecule has 3 heterocycles. The van der Waals surface area contributed by atoms with E-state index in [0.717, 1.165) is 47.2 Å². The molecule has 0 spiro atoms. The molecular weight excluding hydrogens is 479 g/mol. The first-order valence-electron chi connectivity index (χ1n) is 10.8. The van der Waals surface area contributed by atoms with Gasteiger partial charge in [-0.1, -0.05) is 12.1 Å². The molecule has 3 aromatic rings. The van der Waals surface area contributed by atoms with E-state index in [9.17, 15) is 14.0 Å². The van der Waals surface area contributed by atoms with Gasteiger partial charge in [0.25, 0.3) is 0 Å². The van der Waals surface area contributed by atoms with Crippen molar-refractivity contribution in [1.82, 2.24) is 19.2 Å². The van der Waals surface area contributed by atoms with Crippen LogP contribution in [0.15, 0.2) is 59.4 Å².